The van der Waals surface area contributed by atoms with Crippen molar-refractivity contribution < 1.29 is 9.53 Å². The molecule has 5 nitrogen and oxygen atoms in total. The number of aryl methyl sites for hydroxylation is 1. The maximum atomic E-state index is 11.5. The summed E-state index contributed by atoms with van der Waals surface area (Å²) in [6.45, 7) is 0. The lowest BCUT2D eigenvalue weighted by molar-refractivity contribution is 0.0594. The van der Waals surface area contributed by atoms with E-state index >= 15 is 0 Å². The molecule has 0 saturated heterocycles. The molecule has 1 saturated carbocycles. The lowest BCUT2D eigenvalue weighted by Crippen LogP contribution is -2.07. The van der Waals surface area contributed by atoms with Gasteiger partial charge in [0.05, 0.1) is 30.2 Å². The maximum absolute atomic E-state index is 11.5. The topological polar surface area (TPSA) is 57.0 Å². The Morgan fingerprint density at radius 3 is 2.94 bits per heavy atom. The molecule has 2 aromatic heterocycles. The number of esters is 1. The molecule has 3 rings (SSSR count). The molecule has 1 aliphatic carbocycles. The number of fused-ring (bicyclic) bond motifs is 1. The summed E-state index contributed by atoms with van der Waals surface area (Å²) in [7, 11) is 3.31. The summed E-state index contributed by atoms with van der Waals surface area (Å²) in [5.74, 6) is 0.0666. The number of hydrogen-bond acceptors (Lipinski definition) is 4. The number of carbonyl (C=O) groups is 1. The standard InChI is InChI=1S/C12H13N3O2/c1-15-6-13-8-5-9(12(16)17-2)14-10(11(8)15)7-3-4-7/h5-7H,3-4H2,1-2H3. The van der Waals surface area contributed by atoms with E-state index in [-0.39, 0.29) is 0 Å². The van der Waals surface area contributed by atoms with Gasteiger partial charge in [0.25, 0.3) is 0 Å². The van der Waals surface area contributed by atoms with Crippen LogP contribution in [0.3, 0.4) is 0 Å². The Morgan fingerprint density at radius 2 is 2.29 bits per heavy atom. The molecule has 1 fully saturated rings. The fourth-order valence-corrected chi connectivity index (χ4v) is 2.06. The predicted molar refractivity (Wildman–Crippen MR) is 61.8 cm³/mol. The van der Waals surface area contributed by atoms with Gasteiger partial charge in [0, 0.05) is 13.0 Å². The van der Waals surface area contributed by atoms with Crippen LogP contribution in [0.4, 0.5) is 0 Å². The van der Waals surface area contributed by atoms with E-state index in [2.05, 4.69) is 9.97 Å². The molecule has 2 aromatic rings. The molecule has 0 bridgehead atoms. The molecule has 0 unspecified atom stereocenters. The summed E-state index contributed by atoms with van der Waals surface area (Å²) in [5.41, 5.74) is 3.16. The van der Waals surface area contributed by atoms with Crippen LogP contribution in [0.1, 0.15) is 34.9 Å². The third kappa shape index (κ3) is 1.58. The van der Waals surface area contributed by atoms with Crippen LogP contribution >= 0.6 is 0 Å². The molecule has 0 amide bonds. The van der Waals surface area contributed by atoms with Crippen molar-refractivity contribution in [2.75, 3.05) is 7.11 Å². The lowest BCUT2D eigenvalue weighted by atomic mass is 10.2. The molecular weight excluding hydrogens is 218 g/mol. The second-order valence-electron chi connectivity index (χ2n) is 4.38. The van der Waals surface area contributed by atoms with Crippen molar-refractivity contribution in [3.05, 3.63) is 23.8 Å². The minimum atomic E-state index is -0.403. The van der Waals surface area contributed by atoms with E-state index in [9.17, 15) is 4.79 Å². The molecule has 1 aliphatic rings. The highest BCUT2D eigenvalue weighted by Gasteiger charge is 2.29. The minimum Gasteiger partial charge on any atom is -0.464 e. The molecule has 0 N–H and O–H groups in total. The summed E-state index contributed by atoms with van der Waals surface area (Å²) < 4.78 is 6.67. The molecule has 0 aliphatic heterocycles. The Kier molecular flexibility index (Phi) is 2.14. The Labute approximate surface area is 98.4 Å². The highest BCUT2D eigenvalue weighted by Crippen LogP contribution is 2.41. The van der Waals surface area contributed by atoms with Crippen LogP contribution in [0.2, 0.25) is 0 Å². The van der Waals surface area contributed by atoms with Crippen molar-refractivity contribution in [1.29, 1.82) is 0 Å². The Balaban J connectivity index is 2.25. The van der Waals surface area contributed by atoms with Crippen LogP contribution in [0.25, 0.3) is 11.0 Å². The molecule has 0 aromatic carbocycles. The monoisotopic (exact) mass is 231 g/mol. The van der Waals surface area contributed by atoms with E-state index in [0.29, 0.717) is 11.6 Å². The van der Waals surface area contributed by atoms with Gasteiger partial charge in [-0.3, -0.25) is 0 Å². The number of ether oxygens (including phenoxy) is 1. The molecule has 0 atom stereocenters. The summed E-state index contributed by atoms with van der Waals surface area (Å²) in [6, 6.07) is 1.69. The molecular formula is C12H13N3O2. The van der Waals surface area contributed by atoms with Crippen molar-refractivity contribution in [3.63, 3.8) is 0 Å². The Bertz CT molecular complexity index is 599. The second kappa shape index (κ2) is 3.55. The first-order valence-corrected chi connectivity index (χ1v) is 5.61. The third-order valence-corrected chi connectivity index (χ3v) is 3.08. The predicted octanol–water partition coefficient (Wildman–Crippen LogP) is 1.63. The van der Waals surface area contributed by atoms with Gasteiger partial charge in [-0.1, -0.05) is 0 Å². The molecule has 88 valence electrons. The zero-order valence-electron chi connectivity index (χ0n) is 9.80. The van der Waals surface area contributed by atoms with Gasteiger partial charge in [0.15, 0.2) is 5.69 Å². The van der Waals surface area contributed by atoms with Gasteiger partial charge in [-0.15, -0.1) is 0 Å². The number of aromatic nitrogens is 3. The first-order chi connectivity index (χ1) is 8.20. The van der Waals surface area contributed by atoms with Crippen molar-refractivity contribution in [2.24, 2.45) is 7.05 Å². The highest BCUT2D eigenvalue weighted by molar-refractivity contribution is 5.92. The number of rotatable bonds is 2. The van der Waals surface area contributed by atoms with E-state index in [1.54, 1.807) is 12.4 Å². The van der Waals surface area contributed by atoms with E-state index in [1.165, 1.54) is 7.11 Å². The van der Waals surface area contributed by atoms with Gasteiger partial charge in [-0.05, 0) is 18.9 Å². The van der Waals surface area contributed by atoms with Crippen LogP contribution < -0.4 is 0 Å². The summed E-state index contributed by atoms with van der Waals surface area (Å²) in [6.07, 6.45) is 4.02. The van der Waals surface area contributed by atoms with Gasteiger partial charge >= 0.3 is 5.97 Å². The van der Waals surface area contributed by atoms with Crippen LogP contribution in [-0.4, -0.2) is 27.6 Å². The Morgan fingerprint density at radius 1 is 1.53 bits per heavy atom. The third-order valence-electron chi connectivity index (χ3n) is 3.08. The molecule has 0 spiro atoms. The summed E-state index contributed by atoms with van der Waals surface area (Å²) in [5, 5.41) is 0. The van der Waals surface area contributed by atoms with Crippen LogP contribution in [-0.2, 0) is 11.8 Å². The number of methoxy groups -OCH3 is 1. The normalized spacial score (nSPS) is 15.2. The van der Waals surface area contributed by atoms with Gasteiger partial charge in [-0.2, -0.15) is 0 Å². The first kappa shape index (κ1) is 10.3. The number of imidazole rings is 1. The van der Waals surface area contributed by atoms with Gasteiger partial charge in [0.2, 0.25) is 0 Å². The van der Waals surface area contributed by atoms with E-state index < -0.39 is 5.97 Å². The van der Waals surface area contributed by atoms with Crippen molar-refractivity contribution in [2.45, 2.75) is 18.8 Å². The fraction of sp³-hybridized carbons (Fsp3) is 0.417. The fourth-order valence-electron chi connectivity index (χ4n) is 2.06. The molecule has 2 heterocycles. The first-order valence-electron chi connectivity index (χ1n) is 5.61. The van der Waals surface area contributed by atoms with E-state index in [0.717, 1.165) is 29.6 Å². The molecule has 5 heteroatoms. The Hall–Kier alpha value is -1.91. The molecule has 17 heavy (non-hydrogen) atoms. The highest BCUT2D eigenvalue weighted by atomic mass is 16.5. The minimum absolute atomic E-state index is 0.348. The summed E-state index contributed by atoms with van der Waals surface area (Å²) >= 11 is 0. The molecule has 0 radical (unpaired) electrons. The number of nitrogens with zero attached hydrogens (tertiary/aromatic N) is 3. The van der Waals surface area contributed by atoms with E-state index in [1.807, 2.05) is 11.6 Å². The maximum Gasteiger partial charge on any atom is 0.356 e. The number of pyridine rings is 1. The van der Waals surface area contributed by atoms with Crippen molar-refractivity contribution in [3.8, 4) is 0 Å². The smallest absolute Gasteiger partial charge is 0.356 e. The van der Waals surface area contributed by atoms with Gasteiger partial charge in [0.1, 0.15) is 0 Å². The van der Waals surface area contributed by atoms with Crippen molar-refractivity contribution >= 4 is 17.0 Å². The average Bonchev–Trinajstić information content (AvgIpc) is 3.12. The van der Waals surface area contributed by atoms with Crippen molar-refractivity contribution in [1.82, 2.24) is 14.5 Å². The lowest BCUT2D eigenvalue weighted by Gasteiger charge is -2.05. The quantitative estimate of drug-likeness (QED) is 0.737. The van der Waals surface area contributed by atoms with Gasteiger partial charge < -0.3 is 9.30 Å². The zero-order valence-corrected chi connectivity index (χ0v) is 9.80. The van der Waals surface area contributed by atoms with Crippen LogP contribution in [0.15, 0.2) is 12.4 Å². The van der Waals surface area contributed by atoms with Crippen LogP contribution in [0.5, 0.6) is 0 Å². The van der Waals surface area contributed by atoms with E-state index in [4.69, 9.17) is 4.74 Å². The van der Waals surface area contributed by atoms with Crippen LogP contribution in [0, 0.1) is 0 Å². The largest absolute Gasteiger partial charge is 0.464 e. The second-order valence-corrected chi connectivity index (χ2v) is 4.38. The van der Waals surface area contributed by atoms with Gasteiger partial charge in [-0.25, -0.2) is 14.8 Å². The zero-order chi connectivity index (χ0) is 12.0. The number of carbonyl (C=O) groups excluding carboxylic acids is 1. The average molecular weight is 231 g/mol. The summed E-state index contributed by atoms with van der Waals surface area (Å²) in [4.78, 5) is 20.3. The number of hydrogen-bond donors (Lipinski definition) is 0. The SMILES string of the molecule is COC(=O)c1cc2ncn(C)c2c(C2CC2)n1.